The summed E-state index contributed by atoms with van der Waals surface area (Å²) in [6.45, 7) is 0. The Hall–Kier alpha value is -2.41. The molecule has 1 unspecified atom stereocenters. The molecule has 0 amide bonds. The van der Waals surface area contributed by atoms with E-state index < -0.39 is 5.82 Å². The van der Waals surface area contributed by atoms with Gasteiger partial charge >= 0.3 is 0 Å². The second-order valence-corrected chi connectivity index (χ2v) is 5.31. The molecule has 1 fully saturated rings. The number of anilines is 1. The quantitative estimate of drug-likeness (QED) is 0.903. The van der Waals surface area contributed by atoms with E-state index in [1.54, 1.807) is 18.2 Å². The van der Waals surface area contributed by atoms with Crippen LogP contribution in [0.25, 0.3) is 0 Å². The minimum absolute atomic E-state index is 0.0168. The Kier molecular flexibility index (Phi) is 3.57. The maximum absolute atomic E-state index is 13.2. The lowest BCUT2D eigenvalue weighted by Gasteiger charge is -2.21. The molecule has 0 spiro atoms. The molecule has 2 aromatic rings. The average molecular weight is 284 g/mol. The molecule has 1 aliphatic carbocycles. The average Bonchev–Trinajstić information content (AvgIpc) is 3.31. The monoisotopic (exact) mass is 284 g/mol. The number of halogens is 2. The molecule has 1 saturated carbocycles. The normalized spacial score (nSPS) is 15.3. The largest absolute Gasteiger partial charge is 0.377 e. The van der Waals surface area contributed by atoms with Crippen LogP contribution in [0.5, 0.6) is 0 Å². The van der Waals surface area contributed by atoms with Gasteiger partial charge in [0.05, 0.1) is 17.3 Å². The van der Waals surface area contributed by atoms with Crippen LogP contribution in [0, 0.1) is 28.9 Å². The molecule has 0 bridgehead atoms. The van der Waals surface area contributed by atoms with Crippen molar-refractivity contribution in [1.82, 2.24) is 0 Å². The van der Waals surface area contributed by atoms with Crippen LogP contribution < -0.4 is 5.32 Å². The van der Waals surface area contributed by atoms with E-state index in [-0.39, 0.29) is 17.4 Å². The SMILES string of the molecule is N#Cc1cc(F)ccc1NC(c1ccc(F)cc1)C1CC1. The summed E-state index contributed by atoms with van der Waals surface area (Å²) in [5.74, 6) is -0.235. The predicted octanol–water partition coefficient (Wildman–Crippen LogP) is 4.40. The highest BCUT2D eigenvalue weighted by molar-refractivity contribution is 5.58. The van der Waals surface area contributed by atoms with E-state index in [0.717, 1.165) is 18.4 Å². The number of hydrogen-bond donors (Lipinski definition) is 1. The summed E-state index contributed by atoms with van der Waals surface area (Å²) in [4.78, 5) is 0. The Morgan fingerprint density at radius 2 is 1.71 bits per heavy atom. The van der Waals surface area contributed by atoms with Crippen molar-refractivity contribution in [2.75, 3.05) is 5.32 Å². The van der Waals surface area contributed by atoms with Gasteiger partial charge in [0, 0.05) is 0 Å². The Balaban J connectivity index is 1.90. The van der Waals surface area contributed by atoms with Gasteiger partial charge in [-0.1, -0.05) is 12.1 Å². The van der Waals surface area contributed by atoms with Gasteiger partial charge in [-0.25, -0.2) is 8.78 Å². The highest BCUT2D eigenvalue weighted by atomic mass is 19.1. The second kappa shape index (κ2) is 5.53. The van der Waals surface area contributed by atoms with Crippen molar-refractivity contribution in [2.45, 2.75) is 18.9 Å². The van der Waals surface area contributed by atoms with Crippen molar-refractivity contribution in [1.29, 1.82) is 5.26 Å². The molecule has 0 heterocycles. The van der Waals surface area contributed by atoms with Crippen molar-refractivity contribution in [3.8, 4) is 6.07 Å². The van der Waals surface area contributed by atoms with E-state index in [1.807, 2.05) is 6.07 Å². The molecule has 1 aliphatic rings. The van der Waals surface area contributed by atoms with E-state index >= 15 is 0 Å². The third-order valence-electron chi connectivity index (χ3n) is 3.74. The Morgan fingerprint density at radius 3 is 2.33 bits per heavy atom. The van der Waals surface area contributed by atoms with Crippen LogP contribution in [0.1, 0.15) is 30.0 Å². The van der Waals surface area contributed by atoms with Gasteiger partial charge in [-0.15, -0.1) is 0 Å². The molecule has 106 valence electrons. The van der Waals surface area contributed by atoms with Gasteiger partial charge in [-0.3, -0.25) is 0 Å². The van der Waals surface area contributed by atoms with Gasteiger partial charge in [0.1, 0.15) is 17.7 Å². The maximum Gasteiger partial charge on any atom is 0.124 e. The van der Waals surface area contributed by atoms with Crippen LogP contribution in [-0.4, -0.2) is 0 Å². The van der Waals surface area contributed by atoms with Crippen LogP contribution in [0.15, 0.2) is 42.5 Å². The van der Waals surface area contributed by atoms with Gasteiger partial charge < -0.3 is 5.32 Å². The molecular formula is C17H14F2N2. The smallest absolute Gasteiger partial charge is 0.124 e. The number of nitrogens with zero attached hydrogens (tertiary/aromatic N) is 1. The fourth-order valence-electron chi connectivity index (χ4n) is 2.48. The molecule has 4 heteroatoms. The lowest BCUT2D eigenvalue weighted by Crippen LogP contribution is -2.14. The second-order valence-electron chi connectivity index (χ2n) is 5.31. The summed E-state index contributed by atoms with van der Waals surface area (Å²) in [6.07, 6.45) is 2.19. The van der Waals surface area contributed by atoms with E-state index in [4.69, 9.17) is 5.26 Å². The molecule has 0 aliphatic heterocycles. The zero-order chi connectivity index (χ0) is 14.8. The molecular weight excluding hydrogens is 270 g/mol. The van der Waals surface area contributed by atoms with Crippen LogP contribution in [0.3, 0.4) is 0 Å². The predicted molar refractivity (Wildman–Crippen MR) is 76.6 cm³/mol. The molecule has 0 saturated heterocycles. The highest BCUT2D eigenvalue weighted by Gasteiger charge is 2.32. The fraction of sp³-hybridized carbons (Fsp3) is 0.235. The van der Waals surface area contributed by atoms with Crippen LogP contribution in [0.4, 0.5) is 14.5 Å². The lowest BCUT2D eigenvalue weighted by molar-refractivity contribution is 0.621. The molecule has 21 heavy (non-hydrogen) atoms. The molecule has 0 radical (unpaired) electrons. The number of rotatable bonds is 4. The first-order valence-electron chi connectivity index (χ1n) is 6.89. The van der Waals surface area contributed by atoms with E-state index in [9.17, 15) is 8.78 Å². The van der Waals surface area contributed by atoms with Crippen LogP contribution in [-0.2, 0) is 0 Å². The number of nitrogens with one attached hydrogen (secondary N) is 1. The zero-order valence-electron chi connectivity index (χ0n) is 11.3. The number of benzene rings is 2. The van der Waals surface area contributed by atoms with E-state index in [2.05, 4.69) is 5.32 Å². The van der Waals surface area contributed by atoms with Gasteiger partial charge in [0.2, 0.25) is 0 Å². The molecule has 1 N–H and O–H groups in total. The lowest BCUT2D eigenvalue weighted by atomic mass is 10.0. The first kappa shape index (κ1) is 13.6. The molecule has 1 atom stereocenters. The summed E-state index contributed by atoms with van der Waals surface area (Å²) in [5.41, 5.74) is 1.87. The Morgan fingerprint density at radius 1 is 1.05 bits per heavy atom. The minimum atomic E-state index is -0.429. The van der Waals surface area contributed by atoms with Crippen molar-refractivity contribution in [3.63, 3.8) is 0 Å². The van der Waals surface area contributed by atoms with Crippen LogP contribution >= 0.6 is 0 Å². The van der Waals surface area contributed by atoms with Crippen molar-refractivity contribution in [3.05, 3.63) is 65.2 Å². The van der Waals surface area contributed by atoms with Crippen LogP contribution in [0.2, 0.25) is 0 Å². The summed E-state index contributed by atoms with van der Waals surface area (Å²) in [5, 5.41) is 12.4. The first-order valence-corrected chi connectivity index (χ1v) is 6.89. The third kappa shape index (κ3) is 3.03. The third-order valence-corrected chi connectivity index (χ3v) is 3.74. The fourth-order valence-corrected chi connectivity index (χ4v) is 2.48. The highest BCUT2D eigenvalue weighted by Crippen LogP contribution is 2.43. The van der Waals surface area contributed by atoms with Gasteiger partial charge in [-0.2, -0.15) is 5.26 Å². The molecule has 0 aromatic heterocycles. The van der Waals surface area contributed by atoms with E-state index in [1.165, 1.54) is 24.3 Å². The summed E-state index contributed by atoms with van der Waals surface area (Å²) >= 11 is 0. The Bertz CT molecular complexity index is 685. The van der Waals surface area contributed by atoms with Gasteiger partial charge in [-0.05, 0) is 54.7 Å². The minimum Gasteiger partial charge on any atom is -0.377 e. The summed E-state index contributed by atoms with van der Waals surface area (Å²) < 4.78 is 26.2. The number of hydrogen-bond acceptors (Lipinski definition) is 2. The topological polar surface area (TPSA) is 35.8 Å². The van der Waals surface area contributed by atoms with E-state index in [0.29, 0.717) is 11.6 Å². The van der Waals surface area contributed by atoms with Crippen molar-refractivity contribution < 1.29 is 8.78 Å². The zero-order valence-corrected chi connectivity index (χ0v) is 11.3. The standard InChI is InChI=1S/C17H14F2N2/c18-14-5-3-12(4-6-14)17(11-1-2-11)21-16-8-7-15(19)9-13(16)10-20/h3-9,11,17,21H,1-2H2. The Labute approximate surface area is 122 Å². The van der Waals surface area contributed by atoms with Crippen molar-refractivity contribution in [2.24, 2.45) is 5.92 Å². The first-order chi connectivity index (χ1) is 10.2. The molecule has 3 rings (SSSR count). The maximum atomic E-state index is 13.2. The van der Waals surface area contributed by atoms with Gasteiger partial charge in [0.25, 0.3) is 0 Å². The summed E-state index contributed by atoms with van der Waals surface area (Å²) in [7, 11) is 0. The number of nitriles is 1. The van der Waals surface area contributed by atoms with Gasteiger partial charge in [0.15, 0.2) is 0 Å². The summed E-state index contributed by atoms with van der Waals surface area (Å²) in [6, 6.07) is 12.5. The molecule has 2 aromatic carbocycles. The van der Waals surface area contributed by atoms with Crippen molar-refractivity contribution >= 4 is 5.69 Å². The molecule has 2 nitrogen and oxygen atoms in total.